The molecule has 4 nitrogen and oxygen atoms in total. The van der Waals surface area contributed by atoms with Crippen LogP contribution in [0, 0.1) is 0 Å². The van der Waals surface area contributed by atoms with Gasteiger partial charge in [0.05, 0.1) is 7.11 Å². The Morgan fingerprint density at radius 3 is 2.38 bits per heavy atom. The van der Waals surface area contributed by atoms with Gasteiger partial charge in [0.1, 0.15) is 5.75 Å². The van der Waals surface area contributed by atoms with Crippen molar-refractivity contribution >= 4 is 5.96 Å². The van der Waals surface area contributed by atoms with E-state index < -0.39 is 0 Å². The Morgan fingerprint density at radius 1 is 1.04 bits per heavy atom. The average molecular weight is 325 g/mol. The summed E-state index contributed by atoms with van der Waals surface area (Å²) in [6.07, 6.45) is 2.10. The highest BCUT2D eigenvalue weighted by atomic mass is 16.5. The Labute approximate surface area is 145 Å². The van der Waals surface area contributed by atoms with Gasteiger partial charge in [-0.05, 0) is 36.1 Å². The summed E-state index contributed by atoms with van der Waals surface area (Å²) < 4.78 is 5.18. The summed E-state index contributed by atoms with van der Waals surface area (Å²) in [6, 6.07) is 18.7. The molecule has 2 aromatic rings. The zero-order chi connectivity index (χ0) is 17.2. The second-order valence-corrected chi connectivity index (χ2v) is 5.77. The van der Waals surface area contributed by atoms with Gasteiger partial charge in [0, 0.05) is 27.2 Å². The van der Waals surface area contributed by atoms with E-state index in [1.807, 2.05) is 25.2 Å². The molecule has 128 valence electrons. The smallest absolute Gasteiger partial charge is 0.193 e. The number of hydrogen-bond acceptors (Lipinski definition) is 2. The molecule has 1 N–H and O–H groups in total. The largest absolute Gasteiger partial charge is 0.497 e. The van der Waals surface area contributed by atoms with Crippen LogP contribution in [0.15, 0.2) is 59.6 Å². The number of aliphatic imine (C=N–C) groups is 1. The molecule has 0 fully saturated rings. The lowest BCUT2D eigenvalue weighted by molar-refractivity contribution is 0.414. The minimum absolute atomic E-state index is 0.846. The van der Waals surface area contributed by atoms with Crippen LogP contribution in [0.2, 0.25) is 0 Å². The highest BCUT2D eigenvalue weighted by Gasteiger charge is 2.05. The Bertz CT molecular complexity index is 623. The highest BCUT2D eigenvalue weighted by molar-refractivity contribution is 5.79. The number of nitrogens with zero attached hydrogens (tertiary/aromatic N) is 2. The number of nitrogens with one attached hydrogen (secondary N) is 1. The van der Waals surface area contributed by atoms with Crippen molar-refractivity contribution in [1.82, 2.24) is 10.2 Å². The van der Waals surface area contributed by atoms with Gasteiger partial charge in [-0.15, -0.1) is 0 Å². The zero-order valence-electron chi connectivity index (χ0n) is 14.8. The first-order valence-electron chi connectivity index (χ1n) is 8.31. The van der Waals surface area contributed by atoms with Crippen LogP contribution < -0.4 is 10.1 Å². The topological polar surface area (TPSA) is 36.9 Å². The van der Waals surface area contributed by atoms with E-state index in [-0.39, 0.29) is 0 Å². The predicted octanol–water partition coefficient (Wildman–Crippen LogP) is 3.34. The number of methoxy groups -OCH3 is 1. The van der Waals surface area contributed by atoms with Gasteiger partial charge >= 0.3 is 0 Å². The molecule has 0 radical (unpaired) electrons. The van der Waals surface area contributed by atoms with Gasteiger partial charge in [0.25, 0.3) is 0 Å². The van der Waals surface area contributed by atoms with E-state index in [4.69, 9.17) is 4.74 Å². The van der Waals surface area contributed by atoms with Crippen LogP contribution in [0.25, 0.3) is 0 Å². The van der Waals surface area contributed by atoms with Crippen LogP contribution >= 0.6 is 0 Å². The van der Waals surface area contributed by atoms with Crippen LogP contribution in [0.5, 0.6) is 5.75 Å². The quantitative estimate of drug-likeness (QED) is 0.482. The van der Waals surface area contributed by atoms with Crippen LogP contribution in [-0.4, -0.2) is 38.6 Å². The third kappa shape index (κ3) is 5.61. The number of hydrogen-bond donors (Lipinski definition) is 1. The lowest BCUT2D eigenvalue weighted by Gasteiger charge is -2.22. The van der Waals surface area contributed by atoms with Crippen molar-refractivity contribution in [2.75, 3.05) is 27.7 Å². The molecule has 0 bridgehead atoms. The summed E-state index contributed by atoms with van der Waals surface area (Å²) in [5, 5.41) is 3.43. The number of rotatable bonds is 7. The molecule has 0 saturated carbocycles. The summed E-state index contributed by atoms with van der Waals surface area (Å²) >= 11 is 0. The maximum absolute atomic E-state index is 5.18. The molecule has 24 heavy (non-hydrogen) atoms. The molecule has 0 spiro atoms. The average Bonchev–Trinajstić information content (AvgIpc) is 2.63. The molecule has 0 saturated heterocycles. The molecular weight excluding hydrogens is 298 g/mol. The molecule has 4 heteroatoms. The lowest BCUT2D eigenvalue weighted by atomic mass is 10.1. The summed E-state index contributed by atoms with van der Waals surface area (Å²) in [4.78, 5) is 6.51. The van der Waals surface area contributed by atoms with E-state index >= 15 is 0 Å². The van der Waals surface area contributed by atoms with Crippen LogP contribution in [-0.2, 0) is 13.0 Å². The van der Waals surface area contributed by atoms with E-state index in [1.54, 1.807) is 7.11 Å². The van der Waals surface area contributed by atoms with Crippen molar-refractivity contribution in [3.05, 3.63) is 65.7 Å². The lowest BCUT2D eigenvalue weighted by Crippen LogP contribution is -2.38. The van der Waals surface area contributed by atoms with Crippen LogP contribution in [0.1, 0.15) is 17.5 Å². The van der Waals surface area contributed by atoms with E-state index in [0.29, 0.717) is 0 Å². The standard InChI is InChI=1S/C20H27N3O/c1-21-20(23(2)16-18-8-5-4-6-9-18)22-15-7-10-17-11-13-19(24-3)14-12-17/h4-6,8-9,11-14H,7,10,15-16H2,1-3H3,(H,21,22). The van der Waals surface area contributed by atoms with Gasteiger partial charge in [-0.2, -0.15) is 0 Å². The fourth-order valence-electron chi connectivity index (χ4n) is 2.60. The number of benzene rings is 2. The molecule has 0 aromatic heterocycles. The Kier molecular flexibility index (Phi) is 7.15. The minimum Gasteiger partial charge on any atom is -0.497 e. The van der Waals surface area contributed by atoms with Gasteiger partial charge in [-0.1, -0.05) is 42.5 Å². The van der Waals surface area contributed by atoms with Crippen LogP contribution in [0.3, 0.4) is 0 Å². The number of ether oxygens (including phenoxy) is 1. The molecule has 2 rings (SSSR count). The monoisotopic (exact) mass is 325 g/mol. The van der Waals surface area contributed by atoms with E-state index in [1.165, 1.54) is 11.1 Å². The normalized spacial score (nSPS) is 11.2. The van der Waals surface area contributed by atoms with Crippen molar-refractivity contribution in [3.63, 3.8) is 0 Å². The van der Waals surface area contributed by atoms with Gasteiger partial charge < -0.3 is 15.0 Å². The molecule has 0 amide bonds. The Morgan fingerprint density at radius 2 is 1.75 bits per heavy atom. The van der Waals surface area contributed by atoms with Gasteiger partial charge in [0.15, 0.2) is 5.96 Å². The molecule has 0 aliphatic heterocycles. The number of guanidine groups is 1. The molecule has 0 heterocycles. The Hall–Kier alpha value is -2.49. The zero-order valence-corrected chi connectivity index (χ0v) is 14.8. The predicted molar refractivity (Wildman–Crippen MR) is 101 cm³/mol. The van der Waals surface area contributed by atoms with Crippen molar-refractivity contribution in [2.45, 2.75) is 19.4 Å². The van der Waals surface area contributed by atoms with Crippen molar-refractivity contribution in [1.29, 1.82) is 0 Å². The number of aryl methyl sites for hydroxylation is 1. The molecule has 0 atom stereocenters. The van der Waals surface area contributed by atoms with Crippen molar-refractivity contribution < 1.29 is 4.74 Å². The fraction of sp³-hybridized carbons (Fsp3) is 0.350. The second-order valence-electron chi connectivity index (χ2n) is 5.77. The molecule has 2 aromatic carbocycles. The van der Waals surface area contributed by atoms with Crippen molar-refractivity contribution in [2.24, 2.45) is 4.99 Å². The highest BCUT2D eigenvalue weighted by Crippen LogP contribution is 2.12. The second kappa shape index (κ2) is 9.60. The maximum Gasteiger partial charge on any atom is 0.193 e. The maximum atomic E-state index is 5.18. The first-order chi connectivity index (χ1) is 11.7. The first kappa shape index (κ1) is 17.9. The first-order valence-corrected chi connectivity index (χ1v) is 8.31. The van der Waals surface area contributed by atoms with E-state index in [0.717, 1.165) is 37.6 Å². The van der Waals surface area contributed by atoms with Gasteiger partial charge in [0.2, 0.25) is 0 Å². The summed E-state index contributed by atoms with van der Waals surface area (Å²) in [7, 11) is 5.58. The summed E-state index contributed by atoms with van der Waals surface area (Å²) in [6.45, 7) is 1.75. The Balaban J connectivity index is 1.74. The van der Waals surface area contributed by atoms with Gasteiger partial charge in [-0.3, -0.25) is 4.99 Å². The molecule has 0 unspecified atom stereocenters. The van der Waals surface area contributed by atoms with Crippen LogP contribution in [0.4, 0.5) is 0 Å². The third-order valence-corrected chi connectivity index (χ3v) is 3.92. The summed E-state index contributed by atoms with van der Waals surface area (Å²) in [5.41, 5.74) is 2.60. The summed E-state index contributed by atoms with van der Waals surface area (Å²) in [5.74, 6) is 1.83. The van der Waals surface area contributed by atoms with Gasteiger partial charge in [-0.25, -0.2) is 0 Å². The SMILES string of the molecule is CN=C(NCCCc1ccc(OC)cc1)N(C)Cc1ccccc1. The van der Waals surface area contributed by atoms with E-state index in [9.17, 15) is 0 Å². The fourth-order valence-corrected chi connectivity index (χ4v) is 2.60. The third-order valence-electron chi connectivity index (χ3n) is 3.92. The minimum atomic E-state index is 0.846. The van der Waals surface area contributed by atoms with Crippen molar-refractivity contribution in [3.8, 4) is 5.75 Å². The molecule has 0 aliphatic rings. The molecule has 0 aliphatic carbocycles. The molecular formula is C20H27N3O. The van der Waals surface area contributed by atoms with E-state index in [2.05, 4.69) is 58.7 Å².